The molecule has 3 aromatic rings. The highest BCUT2D eigenvalue weighted by atomic mass is 32.2. The second kappa shape index (κ2) is 8.20. The minimum Gasteiger partial charge on any atom is -0.467 e. The Labute approximate surface area is 171 Å². The van der Waals surface area contributed by atoms with Crippen molar-refractivity contribution in [2.75, 3.05) is 12.5 Å². The van der Waals surface area contributed by atoms with E-state index in [1.165, 1.54) is 16.3 Å². The molecule has 0 saturated heterocycles. The van der Waals surface area contributed by atoms with Crippen LogP contribution in [0.4, 0.5) is 0 Å². The van der Waals surface area contributed by atoms with Gasteiger partial charge in [-0.3, -0.25) is 14.2 Å². The van der Waals surface area contributed by atoms with Gasteiger partial charge in [0.05, 0.1) is 29.5 Å². The molecule has 1 amide bonds. The number of carbonyl (C=O) groups is 1. The lowest BCUT2D eigenvalue weighted by Gasteiger charge is -2.14. The fraction of sp³-hybridized carbons (Fsp3) is 0.350. The number of ether oxygens (including phenoxy) is 2. The molecule has 1 N–H and O–H groups in total. The monoisotopic (exact) mass is 415 g/mol. The maximum atomic E-state index is 13.2. The van der Waals surface area contributed by atoms with E-state index >= 15 is 0 Å². The average molecular weight is 415 g/mol. The Bertz CT molecular complexity index is 1090. The number of fused-ring (bicyclic) bond motifs is 2. The van der Waals surface area contributed by atoms with Gasteiger partial charge in [0.15, 0.2) is 16.7 Å². The highest BCUT2D eigenvalue weighted by Crippen LogP contribution is 2.35. The number of furan rings is 1. The molecule has 1 aliphatic rings. The smallest absolute Gasteiger partial charge is 0.262 e. The van der Waals surface area contributed by atoms with Gasteiger partial charge in [-0.1, -0.05) is 18.7 Å². The van der Waals surface area contributed by atoms with E-state index in [1.54, 1.807) is 30.5 Å². The molecule has 3 heterocycles. The molecule has 2 aromatic heterocycles. The quantitative estimate of drug-likeness (QED) is 0.468. The van der Waals surface area contributed by atoms with Crippen LogP contribution in [0.15, 0.2) is 44.9 Å². The van der Waals surface area contributed by atoms with Crippen LogP contribution < -0.4 is 20.3 Å². The molecule has 0 saturated carbocycles. The average Bonchev–Trinajstić information content (AvgIpc) is 3.38. The molecule has 8 nitrogen and oxygen atoms in total. The maximum Gasteiger partial charge on any atom is 0.262 e. The van der Waals surface area contributed by atoms with Crippen LogP contribution in [0.5, 0.6) is 11.5 Å². The van der Waals surface area contributed by atoms with Crippen molar-refractivity contribution in [3.05, 3.63) is 46.6 Å². The minimum atomic E-state index is -0.227. The second-order valence-corrected chi connectivity index (χ2v) is 7.70. The van der Waals surface area contributed by atoms with Gasteiger partial charge in [-0.15, -0.1) is 0 Å². The number of nitrogens with one attached hydrogen (secondary N) is 1. The van der Waals surface area contributed by atoms with Gasteiger partial charge in [-0.25, -0.2) is 4.98 Å². The molecule has 9 heteroatoms. The molecule has 4 rings (SSSR count). The van der Waals surface area contributed by atoms with Gasteiger partial charge in [-0.2, -0.15) is 0 Å². The summed E-state index contributed by atoms with van der Waals surface area (Å²) in [6.45, 7) is 4.29. The van der Waals surface area contributed by atoms with Crippen LogP contribution in [0.3, 0.4) is 0 Å². The zero-order valence-corrected chi connectivity index (χ0v) is 17.0. The summed E-state index contributed by atoms with van der Waals surface area (Å²) >= 11 is 1.22. The van der Waals surface area contributed by atoms with E-state index in [0.717, 1.165) is 6.42 Å². The van der Waals surface area contributed by atoms with Crippen molar-refractivity contribution < 1.29 is 18.7 Å². The van der Waals surface area contributed by atoms with E-state index in [0.29, 0.717) is 33.3 Å². The number of rotatable bonds is 7. The van der Waals surface area contributed by atoms with E-state index < -0.39 is 0 Å². The van der Waals surface area contributed by atoms with Gasteiger partial charge in [0, 0.05) is 12.1 Å². The normalized spacial score (nSPS) is 13.6. The zero-order valence-electron chi connectivity index (χ0n) is 16.1. The fourth-order valence-corrected chi connectivity index (χ4v) is 3.76. The van der Waals surface area contributed by atoms with Crippen LogP contribution in [0.2, 0.25) is 0 Å². The summed E-state index contributed by atoms with van der Waals surface area (Å²) in [5, 5.41) is 3.79. The number of amides is 1. The Kier molecular flexibility index (Phi) is 5.48. The first kappa shape index (κ1) is 19.4. The molecule has 0 aliphatic carbocycles. The molecule has 1 aromatic carbocycles. The first-order chi connectivity index (χ1) is 14.0. The van der Waals surface area contributed by atoms with Gasteiger partial charge >= 0.3 is 0 Å². The van der Waals surface area contributed by atoms with Gasteiger partial charge in [0.25, 0.3) is 5.56 Å². The number of hydrogen-bond acceptors (Lipinski definition) is 7. The van der Waals surface area contributed by atoms with Gasteiger partial charge < -0.3 is 19.2 Å². The van der Waals surface area contributed by atoms with Crippen molar-refractivity contribution >= 4 is 28.6 Å². The molecule has 0 radical (unpaired) electrons. The predicted octanol–water partition coefficient (Wildman–Crippen LogP) is 2.77. The van der Waals surface area contributed by atoms with Crippen molar-refractivity contribution in [1.29, 1.82) is 0 Å². The molecule has 0 fully saturated rings. The molecule has 1 atom stereocenters. The Morgan fingerprint density at radius 3 is 2.86 bits per heavy atom. The standard InChI is InChI=1S/C20H21N3O5S/c1-3-12(2)21-18(24)10-29-20-22-15-8-17-16(27-11-28-17)7-14(15)19(25)23(20)9-13-5-4-6-26-13/h4-8,12H,3,9-11H2,1-2H3,(H,21,24)/t12-/m0/s1. The molecule has 1 aliphatic heterocycles. The zero-order chi connectivity index (χ0) is 20.4. The number of carbonyl (C=O) groups excluding carboxylic acids is 1. The van der Waals surface area contributed by atoms with E-state index in [2.05, 4.69) is 10.3 Å². The fourth-order valence-electron chi connectivity index (χ4n) is 2.95. The Hall–Kier alpha value is -2.94. The Morgan fingerprint density at radius 1 is 1.34 bits per heavy atom. The van der Waals surface area contributed by atoms with Crippen LogP contribution in [0.25, 0.3) is 10.9 Å². The molecule has 29 heavy (non-hydrogen) atoms. The van der Waals surface area contributed by atoms with Crippen LogP contribution in [-0.2, 0) is 11.3 Å². The largest absolute Gasteiger partial charge is 0.467 e. The van der Waals surface area contributed by atoms with E-state index in [4.69, 9.17) is 13.9 Å². The molecular formula is C20H21N3O5S. The van der Waals surface area contributed by atoms with Crippen molar-refractivity contribution in [2.45, 2.75) is 38.0 Å². The third kappa shape index (κ3) is 4.09. The summed E-state index contributed by atoms with van der Waals surface area (Å²) in [6.07, 6.45) is 2.40. The molecule has 0 bridgehead atoms. The highest BCUT2D eigenvalue weighted by Gasteiger charge is 2.20. The number of nitrogens with zero attached hydrogens (tertiary/aromatic N) is 2. The predicted molar refractivity (Wildman–Crippen MR) is 109 cm³/mol. The number of aromatic nitrogens is 2. The van der Waals surface area contributed by atoms with Crippen LogP contribution >= 0.6 is 11.8 Å². The van der Waals surface area contributed by atoms with Crippen LogP contribution in [-0.4, -0.2) is 34.0 Å². The Balaban J connectivity index is 1.71. The molecule has 0 unspecified atom stereocenters. The highest BCUT2D eigenvalue weighted by molar-refractivity contribution is 7.99. The van der Waals surface area contributed by atoms with Crippen LogP contribution in [0.1, 0.15) is 26.0 Å². The summed E-state index contributed by atoms with van der Waals surface area (Å²) in [5.74, 6) is 1.76. The summed E-state index contributed by atoms with van der Waals surface area (Å²) < 4.78 is 17.7. The summed E-state index contributed by atoms with van der Waals surface area (Å²) in [6, 6.07) is 6.99. The summed E-state index contributed by atoms with van der Waals surface area (Å²) in [4.78, 5) is 30.1. The molecular weight excluding hydrogens is 394 g/mol. The number of hydrogen-bond donors (Lipinski definition) is 1. The van der Waals surface area contributed by atoms with Crippen molar-refractivity contribution in [3.8, 4) is 11.5 Å². The second-order valence-electron chi connectivity index (χ2n) is 6.75. The molecule has 152 valence electrons. The van der Waals surface area contributed by atoms with Gasteiger partial charge in [0.2, 0.25) is 12.7 Å². The van der Waals surface area contributed by atoms with Crippen molar-refractivity contribution in [2.24, 2.45) is 0 Å². The first-order valence-corrected chi connectivity index (χ1v) is 10.3. The first-order valence-electron chi connectivity index (χ1n) is 9.34. The van der Waals surface area contributed by atoms with E-state index in [-0.39, 0.29) is 36.6 Å². The van der Waals surface area contributed by atoms with E-state index in [9.17, 15) is 9.59 Å². The van der Waals surface area contributed by atoms with Gasteiger partial charge in [-0.05, 0) is 31.5 Å². The summed E-state index contributed by atoms with van der Waals surface area (Å²) in [5.41, 5.74) is 0.273. The molecule has 0 spiro atoms. The van der Waals surface area contributed by atoms with Crippen LogP contribution in [0, 0.1) is 0 Å². The SMILES string of the molecule is CC[C@H](C)NC(=O)CSc1nc2cc3c(cc2c(=O)n1Cc1ccco1)OCO3. The third-order valence-corrected chi connectivity index (χ3v) is 5.64. The summed E-state index contributed by atoms with van der Waals surface area (Å²) in [7, 11) is 0. The number of thioether (sulfide) groups is 1. The van der Waals surface area contributed by atoms with Crippen molar-refractivity contribution in [1.82, 2.24) is 14.9 Å². The minimum absolute atomic E-state index is 0.0951. The van der Waals surface area contributed by atoms with Gasteiger partial charge in [0.1, 0.15) is 5.76 Å². The lowest BCUT2D eigenvalue weighted by Crippen LogP contribution is -2.33. The number of benzene rings is 1. The lowest BCUT2D eigenvalue weighted by atomic mass is 10.2. The third-order valence-electron chi connectivity index (χ3n) is 4.66. The Morgan fingerprint density at radius 2 is 2.14 bits per heavy atom. The van der Waals surface area contributed by atoms with E-state index in [1.807, 2.05) is 13.8 Å². The van der Waals surface area contributed by atoms with Crippen molar-refractivity contribution in [3.63, 3.8) is 0 Å². The lowest BCUT2D eigenvalue weighted by molar-refractivity contribution is -0.119. The topological polar surface area (TPSA) is 95.6 Å². The maximum absolute atomic E-state index is 13.2.